The first-order valence-electron chi connectivity index (χ1n) is 5.80. The van der Waals surface area contributed by atoms with Gasteiger partial charge in [-0.3, -0.25) is 0 Å². The molecule has 2 N–H and O–H groups in total. The van der Waals surface area contributed by atoms with Gasteiger partial charge in [-0.1, -0.05) is 6.07 Å². The standard InChI is InChI=1S/C14H17NO3S/c1-16-10-7-9(8-11(17-2)14(10)18-3)13(15)12-5-4-6-19-12/h4-8,13H,15H2,1-3H3/t13-/m0/s1. The third-order valence-corrected chi connectivity index (χ3v) is 3.85. The van der Waals surface area contributed by atoms with Crippen LogP contribution < -0.4 is 19.9 Å². The molecule has 4 nitrogen and oxygen atoms in total. The molecule has 1 heterocycles. The molecule has 2 aromatic rings. The number of benzene rings is 1. The van der Waals surface area contributed by atoms with E-state index in [2.05, 4.69) is 0 Å². The highest BCUT2D eigenvalue weighted by Crippen LogP contribution is 2.40. The summed E-state index contributed by atoms with van der Waals surface area (Å²) in [5.74, 6) is 1.81. The summed E-state index contributed by atoms with van der Waals surface area (Å²) in [6.45, 7) is 0. The lowest BCUT2D eigenvalue weighted by Gasteiger charge is -2.17. The van der Waals surface area contributed by atoms with E-state index in [4.69, 9.17) is 19.9 Å². The minimum absolute atomic E-state index is 0.200. The van der Waals surface area contributed by atoms with Gasteiger partial charge in [-0.2, -0.15) is 0 Å². The fraction of sp³-hybridized carbons (Fsp3) is 0.286. The van der Waals surface area contributed by atoms with Gasteiger partial charge in [0.2, 0.25) is 5.75 Å². The summed E-state index contributed by atoms with van der Waals surface area (Å²) in [7, 11) is 4.77. The molecule has 102 valence electrons. The Hall–Kier alpha value is -1.72. The Kier molecular flexibility index (Phi) is 4.29. The summed E-state index contributed by atoms with van der Waals surface area (Å²) < 4.78 is 16.0. The summed E-state index contributed by atoms with van der Waals surface area (Å²) in [5, 5.41) is 2.01. The molecule has 0 radical (unpaired) electrons. The molecule has 0 fully saturated rings. The van der Waals surface area contributed by atoms with E-state index in [1.807, 2.05) is 29.6 Å². The first-order valence-corrected chi connectivity index (χ1v) is 6.68. The predicted molar refractivity (Wildman–Crippen MR) is 76.4 cm³/mol. The molecule has 0 bridgehead atoms. The van der Waals surface area contributed by atoms with Crippen LogP contribution >= 0.6 is 11.3 Å². The topological polar surface area (TPSA) is 53.7 Å². The van der Waals surface area contributed by atoms with Crippen molar-refractivity contribution < 1.29 is 14.2 Å². The van der Waals surface area contributed by atoms with Crippen LogP contribution in [0.4, 0.5) is 0 Å². The second-order valence-electron chi connectivity index (χ2n) is 3.95. The van der Waals surface area contributed by atoms with Crippen molar-refractivity contribution in [3.05, 3.63) is 40.1 Å². The fourth-order valence-corrected chi connectivity index (χ4v) is 2.67. The summed E-state index contributed by atoms with van der Waals surface area (Å²) in [4.78, 5) is 1.09. The zero-order chi connectivity index (χ0) is 13.8. The Bertz CT molecular complexity index is 515. The lowest BCUT2D eigenvalue weighted by atomic mass is 10.0. The lowest BCUT2D eigenvalue weighted by Crippen LogP contribution is -2.11. The SMILES string of the molecule is COc1cc([C@H](N)c2cccs2)cc(OC)c1OC. The molecule has 0 aliphatic carbocycles. The van der Waals surface area contributed by atoms with E-state index < -0.39 is 0 Å². The van der Waals surface area contributed by atoms with E-state index in [9.17, 15) is 0 Å². The van der Waals surface area contributed by atoms with Crippen molar-refractivity contribution in [2.24, 2.45) is 5.73 Å². The maximum atomic E-state index is 6.26. The molecule has 2 rings (SSSR count). The Balaban J connectivity index is 2.47. The van der Waals surface area contributed by atoms with E-state index >= 15 is 0 Å². The van der Waals surface area contributed by atoms with Crippen molar-refractivity contribution in [2.45, 2.75) is 6.04 Å². The van der Waals surface area contributed by atoms with Crippen molar-refractivity contribution in [3.63, 3.8) is 0 Å². The molecule has 5 heteroatoms. The minimum Gasteiger partial charge on any atom is -0.493 e. The second kappa shape index (κ2) is 5.95. The summed E-state index contributed by atoms with van der Waals surface area (Å²) in [5.41, 5.74) is 7.19. The van der Waals surface area contributed by atoms with E-state index in [0.29, 0.717) is 17.2 Å². The normalized spacial score (nSPS) is 12.0. The van der Waals surface area contributed by atoms with Crippen LogP contribution in [0, 0.1) is 0 Å². The number of thiophene rings is 1. The predicted octanol–water partition coefficient (Wildman–Crippen LogP) is 2.82. The zero-order valence-electron chi connectivity index (χ0n) is 11.2. The van der Waals surface area contributed by atoms with Gasteiger partial charge in [-0.15, -0.1) is 11.3 Å². The van der Waals surface area contributed by atoms with Crippen molar-refractivity contribution in [1.82, 2.24) is 0 Å². The maximum Gasteiger partial charge on any atom is 0.203 e. The fourth-order valence-electron chi connectivity index (χ4n) is 1.91. The van der Waals surface area contributed by atoms with Gasteiger partial charge in [0.05, 0.1) is 27.4 Å². The maximum absolute atomic E-state index is 6.26. The number of nitrogens with two attached hydrogens (primary N) is 1. The van der Waals surface area contributed by atoms with Crippen molar-refractivity contribution in [3.8, 4) is 17.2 Å². The Morgan fingerprint density at radius 1 is 1.05 bits per heavy atom. The average molecular weight is 279 g/mol. The van der Waals surface area contributed by atoms with Crippen LogP contribution in [0.25, 0.3) is 0 Å². The van der Waals surface area contributed by atoms with Crippen molar-refractivity contribution >= 4 is 11.3 Å². The molecule has 0 unspecified atom stereocenters. The molecule has 0 saturated carbocycles. The molecule has 1 aromatic heterocycles. The summed E-state index contributed by atoms with van der Waals surface area (Å²) in [6, 6.07) is 7.56. The quantitative estimate of drug-likeness (QED) is 0.914. The van der Waals surface area contributed by atoms with Crippen LogP contribution in [0.15, 0.2) is 29.6 Å². The second-order valence-corrected chi connectivity index (χ2v) is 4.93. The van der Waals surface area contributed by atoms with Crippen LogP contribution in [0.2, 0.25) is 0 Å². The monoisotopic (exact) mass is 279 g/mol. The molecule has 0 aliphatic rings. The molecule has 0 amide bonds. The highest BCUT2D eigenvalue weighted by Gasteiger charge is 2.18. The van der Waals surface area contributed by atoms with Gasteiger partial charge in [-0.05, 0) is 29.1 Å². The molecular formula is C14H17NO3S. The lowest BCUT2D eigenvalue weighted by molar-refractivity contribution is 0.323. The van der Waals surface area contributed by atoms with Crippen LogP contribution in [-0.4, -0.2) is 21.3 Å². The van der Waals surface area contributed by atoms with Crippen LogP contribution in [0.1, 0.15) is 16.5 Å². The first kappa shape index (κ1) is 13.7. The molecule has 0 aliphatic heterocycles. The van der Waals surface area contributed by atoms with Crippen molar-refractivity contribution in [1.29, 1.82) is 0 Å². The molecule has 0 spiro atoms. The van der Waals surface area contributed by atoms with Gasteiger partial charge in [0, 0.05) is 4.88 Å². The highest BCUT2D eigenvalue weighted by molar-refractivity contribution is 7.10. The molecule has 19 heavy (non-hydrogen) atoms. The summed E-state index contributed by atoms with van der Waals surface area (Å²) in [6.07, 6.45) is 0. The number of ether oxygens (including phenoxy) is 3. The third kappa shape index (κ3) is 2.67. The minimum atomic E-state index is -0.200. The third-order valence-electron chi connectivity index (χ3n) is 2.90. The van der Waals surface area contributed by atoms with Gasteiger partial charge < -0.3 is 19.9 Å². The van der Waals surface area contributed by atoms with Gasteiger partial charge in [0.25, 0.3) is 0 Å². The van der Waals surface area contributed by atoms with Gasteiger partial charge in [0.1, 0.15) is 0 Å². The van der Waals surface area contributed by atoms with E-state index in [1.165, 1.54) is 0 Å². The van der Waals surface area contributed by atoms with Crippen LogP contribution in [-0.2, 0) is 0 Å². The summed E-state index contributed by atoms with van der Waals surface area (Å²) >= 11 is 1.62. The highest BCUT2D eigenvalue weighted by atomic mass is 32.1. The average Bonchev–Trinajstić information content (AvgIpc) is 2.98. The molecule has 1 aromatic carbocycles. The van der Waals surface area contributed by atoms with Gasteiger partial charge >= 0.3 is 0 Å². The van der Waals surface area contributed by atoms with Crippen LogP contribution in [0.3, 0.4) is 0 Å². The number of rotatable bonds is 5. The van der Waals surface area contributed by atoms with Gasteiger partial charge in [0.15, 0.2) is 11.5 Å². The number of hydrogen-bond donors (Lipinski definition) is 1. The van der Waals surface area contributed by atoms with Crippen LogP contribution in [0.5, 0.6) is 17.2 Å². The molecular weight excluding hydrogens is 262 g/mol. The smallest absolute Gasteiger partial charge is 0.203 e. The van der Waals surface area contributed by atoms with Crippen molar-refractivity contribution in [2.75, 3.05) is 21.3 Å². The first-order chi connectivity index (χ1) is 9.21. The largest absolute Gasteiger partial charge is 0.493 e. The molecule has 0 saturated heterocycles. The molecule has 1 atom stereocenters. The van der Waals surface area contributed by atoms with E-state index in [0.717, 1.165) is 10.4 Å². The number of methoxy groups -OCH3 is 3. The Labute approximate surface area is 116 Å². The zero-order valence-corrected chi connectivity index (χ0v) is 12.0. The Morgan fingerprint density at radius 2 is 1.68 bits per heavy atom. The van der Waals surface area contributed by atoms with E-state index in [1.54, 1.807) is 32.7 Å². The van der Waals surface area contributed by atoms with E-state index in [-0.39, 0.29) is 6.04 Å². The Morgan fingerprint density at radius 3 is 2.11 bits per heavy atom. The number of hydrogen-bond acceptors (Lipinski definition) is 5. The van der Waals surface area contributed by atoms with Gasteiger partial charge in [-0.25, -0.2) is 0 Å².